The fourth-order valence-corrected chi connectivity index (χ4v) is 0.661. The summed E-state index contributed by atoms with van der Waals surface area (Å²) in [7, 11) is 0. The topological polar surface area (TPSA) is 55.1 Å². The van der Waals surface area contributed by atoms with Gasteiger partial charge in [-0.15, -0.1) is 0 Å². The summed E-state index contributed by atoms with van der Waals surface area (Å²) in [5, 5.41) is 2.29. The average Bonchev–Trinajstić information content (AvgIpc) is 1.95. The summed E-state index contributed by atoms with van der Waals surface area (Å²) in [4.78, 5) is 10.7. The zero-order chi connectivity index (χ0) is 10.5. The standard InChI is InChI=1S/C7H13F3N2O/c1-5(11)6(13)12-4-2-3-7(8,9)10/h5H,2-4,11H2,1H3,(H,12,13)/t5-/m0/s1. The number of carbonyl (C=O) groups is 1. The minimum absolute atomic E-state index is 0.0138. The maximum Gasteiger partial charge on any atom is 0.389 e. The van der Waals surface area contributed by atoms with Gasteiger partial charge in [0.2, 0.25) is 5.91 Å². The van der Waals surface area contributed by atoms with Gasteiger partial charge in [0.25, 0.3) is 0 Å². The van der Waals surface area contributed by atoms with Crippen molar-refractivity contribution in [3.8, 4) is 0 Å². The third-order valence-corrected chi connectivity index (χ3v) is 1.35. The van der Waals surface area contributed by atoms with Crippen LogP contribution in [0.2, 0.25) is 0 Å². The van der Waals surface area contributed by atoms with E-state index in [-0.39, 0.29) is 13.0 Å². The van der Waals surface area contributed by atoms with Crippen LogP contribution >= 0.6 is 0 Å². The number of carbonyl (C=O) groups excluding carboxylic acids is 1. The summed E-state index contributed by atoms with van der Waals surface area (Å²) in [5.41, 5.74) is 5.17. The molecule has 3 nitrogen and oxygen atoms in total. The van der Waals surface area contributed by atoms with Gasteiger partial charge in [-0.05, 0) is 13.3 Å². The van der Waals surface area contributed by atoms with Crippen molar-refractivity contribution in [1.82, 2.24) is 5.32 Å². The van der Waals surface area contributed by atoms with Gasteiger partial charge in [0.1, 0.15) is 0 Å². The minimum atomic E-state index is -4.15. The van der Waals surface area contributed by atoms with E-state index in [0.29, 0.717) is 0 Å². The first-order valence-corrected chi connectivity index (χ1v) is 3.93. The van der Waals surface area contributed by atoms with Crippen molar-refractivity contribution in [2.45, 2.75) is 32.0 Å². The Bertz CT molecular complexity index is 168. The van der Waals surface area contributed by atoms with Gasteiger partial charge in [-0.25, -0.2) is 0 Å². The Hall–Kier alpha value is -0.780. The molecular weight excluding hydrogens is 185 g/mol. The highest BCUT2D eigenvalue weighted by Gasteiger charge is 2.25. The number of halogens is 3. The van der Waals surface area contributed by atoms with Crippen LogP contribution in [0.25, 0.3) is 0 Å². The van der Waals surface area contributed by atoms with Gasteiger partial charge in [0.05, 0.1) is 6.04 Å². The second-order valence-corrected chi connectivity index (χ2v) is 2.80. The molecule has 0 fully saturated rings. The molecule has 0 heterocycles. The number of hydrogen-bond acceptors (Lipinski definition) is 2. The van der Waals surface area contributed by atoms with Crippen LogP contribution in [-0.4, -0.2) is 24.7 Å². The molecule has 0 spiro atoms. The molecule has 0 aliphatic carbocycles. The van der Waals surface area contributed by atoms with Crippen molar-refractivity contribution >= 4 is 5.91 Å². The second kappa shape index (κ2) is 5.06. The number of alkyl halides is 3. The first-order valence-electron chi connectivity index (χ1n) is 3.93. The third-order valence-electron chi connectivity index (χ3n) is 1.35. The van der Waals surface area contributed by atoms with Crippen LogP contribution in [-0.2, 0) is 4.79 Å². The Balaban J connectivity index is 3.42. The molecule has 0 aromatic carbocycles. The van der Waals surface area contributed by atoms with Gasteiger partial charge < -0.3 is 11.1 Å². The largest absolute Gasteiger partial charge is 0.389 e. The molecule has 0 aliphatic heterocycles. The second-order valence-electron chi connectivity index (χ2n) is 2.80. The summed E-state index contributed by atoms with van der Waals surface area (Å²) in [6.07, 6.45) is -5.15. The van der Waals surface area contributed by atoms with Gasteiger partial charge >= 0.3 is 6.18 Å². The summed E-state index contributed by atoms with van der Waals surface area (Å²) < 4.78 is 34.8. The molecule has 0 saturated carbocycles. The molecule has 1 atom stereocenters. The van der Waals surface area contributed by atoms with E-state index in [1.807, 2.05) is 0 Å². The predicted molar refractivity (Wildman–Crippen MR) is 41.9 cm³/mol. The maximum atomic E-state index is 11.6. The van der Waals surface area contributed by atoms with Crippen molar-refractivity contribution in [3.63, 3.8) is 0 Å². The van der Waals surface area contributed by atoms with E-state index in [0.717, 1.165) is 0 Å². The lowest BCUT2D eigenvalue weighted by Gasteiger charge is -2.08. The maximum absolute atomic E-state index is 11.6. The van der Waals surface area contributed by atoms with Gasteiger partial charge in [-0.1, -0.05) is 0 Å². The predicted octanol–water partition coefficient (Wildman–Crippen LogP) is 0.792. The highest BCUT2D eigenvalue weighted by molar-refractivity contribution is 5.80. The van der Waals surface area contributed by atoms with E-state index in [4.69, 9.17) is 5.73 Å². The lowest BCUT2D eigenvalue weighted by Crippen LogP contribution is -2.38. The molecule has 13 heavy (non-hydrogen) atoms. The molecule has 1 amide bonds. The van der Waals surface area contributed by atoms with Crippen molar-refractivity contribution in [2.24, 2.45) is 5.73 Å². The van der Waals surface area contributed by atoms with Crippen molar-refractivity contribution < 1.29 is 18.0 Å². The van der Waals surface area contributed by atoms with Crippen molar-refractivity contribution in [2.75, 3.05) is 6.54 Å². The number of nitrogens with one attached hydrogen (secondary N) is 1. The van der Waals surface area contributed by atoms with E-state index in [1.165, 1.54) is 6.92 Å². The highest BCUT2D eigenvalue weighted by Crippen LogP contribution is 2.20. The lowest BCUT2D eigenvalue weighted by molar-refractivity contribution is -0.136. The van der Waals surface area contributed by atoms with E-state index in [2.05, 4.69) is 5.32 Å². The van der Waals surface area contributed by atoms with Crippen LogP contribution in [0.1, 0.15) is 19.8 Å². The first-order chi connectivity index (χ1) is 5.83. The molecular formula is C7H13F3N2O. The van der Waals surface area contributed by atoms with Crippen molar-refractivity contribution in [1.29, 1.82) is 0 Å². The third kappa shape index (κ3) is 7.58. The summed E-state index contributed by atoms with van der Waals surface area (Å²) >= 11 is 0. The fraction of sp³-hybridized carbons (Fsp3) is 0.857. The van der Waals surface area contributed by atoms with Crippen LogP contribution < -0.4 is 11.1 Å². The molecule has 0 saturated heterocycles. The normalized spacial score (nSPS) is 13.9. The molecule has 0 aliphatic rings. The average molecular weight is 198 g/mol. The number of nitrogens with two attached hydrogens (primary N) is 1. The Morgan fingerprint density at radius 1 is 1.54 bits per heavy atom. The van der Waals surface area contributed by atoms with E-state index >= 15 is 0 Å². The highest BCUT2D eigenvalue weighted by atomic mass is 19.4. The molecule has 3 N–H and O–H groups in total. The quantitative estimate of drug-likeness (QED) is 0.656. The number of hydrogen-bond donors (Lipinski definition) is 2. The smallest absolute Gasteiger partial charge is 0.355 e. The van der Waals surface area contributed by atoms with E-state index in [1.54, 1.807) is 0 Å². The van der Waals surface area contributed by atoms with Crippen LogP contribution in [0.3, 0.4) is 0 Å². The fourth-order valence-electron chi connectivity index (χ4n) is 0.661. The Labute approximate surface area is 74.5 Å². The van der Waals surface area contributed by atoms with Crippen LogP contribution in [0.15, 0.2) is 0 Å². The summed E-state index contributed by atoms with van der Waals surface area (Å²) in [6.45, 7) is 1.49. The van der Waals surface area contributed by atoms with Gasteiger partial charge in [0.15, 0.2) is 0 Å². The Morgan fingerprint density at radius 2 is 2.08 bits per heavy atom. The molecule has 0 aromatic heterocycles. The molecule has 0 bridgehead atoms. The lowest BCUT2D eigenvalue weighted by atomic mass is 10.3. The zero-order valence-electron chi connectivity index (χ0n) is 7.32. The molecule has 0 aromatic rings. The van der Waals surface area contributed by atoms with Crippen LogP contribution in [0, 0.1) is 0 Å². The van der Waals surface area contributed by atoms with Gasteiger partial charge in [0, 0.05) is 13.0 Å². The zero-order valence-corrected chi connectivity index (χ0v) is 7.32. The van der Waals surface area contributed by atoms with E-state index < -0.39 is 24.5 Å². The molecule has 0 unspecified atom stereocenters. The number of rotatable bonds is 4. The first kappa shape index (κ1) is 12.2. The molecule has 0 rings (SSSR count). The van der Waals surface area contributed by atoms with Crippen molar-refractivity contribution in [3.05, 3.63) is 0 Å². The Kier molecular flexibility index (Phi) is 4.76. The van der Waals surface area contributed by atoms with Crippen LogP contribution in [0.4, 0.5) is 13.2 Å². The van der Waals surface area contributed by atoms with Gasteiger partial charge in [-0.3, -0.25) is 4.79 Å². The monoisotopic (exact) mass is 198 g/mol. The minimum Gasteiger partial charge on any atom is -0.355 e. The van der Waals surface area contributed by atoms with Gasteiger partial charge in [-0.2, -0.15) is 13.2 Å². The Morgan fingerprint density at radius 3 is 2.46 bits per heavy atom. The number of amides is 1. The summed E-state index contributed by atoms with van der Waals surface area (Å²) in [6, 6.07) is -0.675. The molecule has 78 valence electrons. The SMILES string of the molecule is C[C@H](N)C(=O)NCCCC(F)(F)F. The summed E-state index contributed by atoms with van der Waals surface area (Å²) in [5.74, 6) is -0.429. The molecule has 0 radical (unpaired) electrons. The van der Waals surface area contributed by atoms with Crippen LogP contribution in [0.5, 0.6) is 0 Å². The molecule has 6 heteroatoms. The van der Waals surface area contributed by atoms with E-state index in [9.17, 15) is 18.0 Å².